The van der Waals surface area contributed by atoms with E-state index in [0.29, 0.717) is 0 Å². The summed E-state index contributed by atoms with van der Waals surface area (Å²) in [5.41, 5.74) is 2.18. The molecule has 0 saturated heterocycles. The van der Waals surface area contributed by atoms with Crippen LogP contribution in [0.15, 0.2) is 18.2 Å². The fourth-order valence-corrected chi connectivity index (χ4v) is 2.36. The monoisotopic (exact) mass is 247 g/mol. The van der Waals surface area contributed by atoms with Gasteiger partial charge in [0, 0.05) is 0 Å². The molecule has 1 aliphatic heterocycles. The van der Waals surface area contributed by atoms with Gasteiger partial charge in [-0.25, -0.2) is 0 Å². The second kappa shape index (κ2) is 4.63. The van der Waals surface area contributed by atoms with E-state index in [1.54, 1.807) is 7.11 Å². The number of hydrogen-bond acceptors (Lipinski definition) is 2. The Morgan fingerprint density at radius 1 is 1.33 bits per heavy atom. The molecular weight excluding hydrogens is 226 g/mol. The van der Waals surface area contributed by atoms with Crippen molar-refractivity contribution in [3.05, 3.63) is 23.8 Å². The summed E-state index contributed by atoms with van der Waals surface area (Å²) in [6, 6.07) is 5.84. The summed E-state index contributed by atoms with van der Waals surface area (Å²) in [5, 5.41) is 2.94. The smallest absolute Gasteiger partial charge is 0.232 e. The molecule has 0 fully saturated rings. The number of carbonyl (C=O) groups excluding carboxylic acids is 1. The molecule has 0 aromatic heterocycles. The van der Waals surface area contributed by atoms with E-state index < -0.39 is 0 Å². The molecule has 0 saturated carbocycles. The molecule has 2 rings (SSSR count). The molecule has 0 spiro atoms. The Morgan fingerprint density at radius 2 is 2.06 bits per heavy atom. The third-order valence-electron chi connectivity index (χ3n) is 3.40. The van der Waals surface area contributed by atoms with Crippen molar-refractivity contribution in [2.75, 3.05) is 12.4 Å². The highest BCUT2D eigenvalue weighted by atomic mass is 16.5. The Bertz CT molecular complexity index is 460. The van der Waals surface area contributed by atoms with Crippen LogP contribution in [0, 0.1) is 5.41 Å². The van der Waals surface area contributed by atoms with Gasteiger partial charge in [0.15, 0.2) is 0 Å². The second-order valence-corrected chi connectivity index (χ2v) is 6.07. The molecule has 18 heavy (non-hydrogen) atoms. The van der Waals surface area contributed by atoms with E-state index in [2.05, 4.69) is 26.1 Å². The minimum atomic E-state index is -0.0330. The number of nitrogens with one attached hydrogen (secondary N) is 1. The van der Waals surface area contributed by atoms with Crippen molar-refractivity contribution in [3.63, 3.8) is 0 Å². The summed E-state index contributed by atoms with van der Waals surface area (Å²) in [4.78, 5) is 12.0. The number of amides is 1. The number of anilines is 1. The lowest BCUT2D eigenvalue weighted by Crippen LogP contribution is -2.15. The molecular formula is C15H21NO2. The molecule has 1 aromatic carbocycles. The highest BCUT2D eigenvalue weighted by molar-refractivity contribution is 6.04. The summed E-state index contributed by atoms with van der Waals surface area (Å²) >= 11 is 0. The van der Waals surface area contributed by atoms with E-state index in [0.717, 1.165) is 29.8 Å². The van der Waals surface area contributed by atoms with Crippen molar-refractivity contribution >= 4 is 11.6 Å². The molecule has 1 heterocycles. The molecule has 1 unspecified atom stereocenters. The molecule has 1 aliphatic rings. The molecule has 0 aliphatic carbocycles. The Labute approximate surface area is 109 Å². The lowest BCUT2D eigenvalue weighted by molar-refractivity contribution is -0.117. The second-order valence-electron chi connectivity index (χ2n) is 6.07. The van der Waals surface area contributed by atoms with Gasteiger partial charge in [-0.3, -0.25) is 4.79 Å². The number of benzene rings is 1. The Balaban J connectivity index is 2.23. The van der Waals surface area contributed by atoms with E-state index in [9.17, 15) is 4.79 Å². The predicted molar refractivity (Wildman–Crippen MR) is 73.1 cm³/mol. The van der Waals surface area contributed by atoms with Gasteiger partial charge in [0.05, 0.1) is 18.7 Å². The largest absolute Gasteiger partial charge is 0.495 e. The van der Waals surface area contributed by atoms with Crippen LogP contribution in [0.4, 0.5) is 5.69 Å². The van der Waals surface area contributed by atoms with Crippen molar-refractivity contribution in [2.24, 2.45) is 5.41 Å². The van der Waals surface area contributed by atoms with Crippen LogP contribution in [0.3, 0.4) is 0 Å². The summed E-state index contributed by atoms with van der Waals surface area (Å²) in [6.45, 7) is 6.60. The summed E-state index contributed by atoms with van der Waals surface area (Å²) in [5.74, 6) is 0.812. The third-order valence-corrected chi connectivity index (χ3v) is 3.40. The van der Waals surface area contributed by atoms with Crippen molar-refractivity contribution in [3.8, 4) is 5.75 Å². The molecule has 3 heteroatoms. The molecule has 3 nitrogen and oxygen atoms in total. The van der Waals surface area contributed by atoms with E-state index in [-0.39, 0.29) is 17.2 Å². The number of ether oxygens (including phenoxy) is 1. The molecule has 1 amide bonds. The maximum Gasteiger partial charge on any atom is 0.232 e. The number of rotatable bonds is 3. The van der Waals surface area contributed by atoms with Gasteiger partial charge in [-0.15, -0.1) is 0 Å². The number of hydrogen-bond donors (Lipinski definition) is 1. The van der Waals surface area contributed by atoms with Crippen LogP contribution in [0.1, 0.15) is 45.1 Å². The zero-order valence-corrected chi connectivity index (χ0v) is 11.5. The normalized spacial score (nSPS) is 18.4. The van der Waals surface area contributed by atoms with Gasteiger partial charge >= 0.3 is 0 Å². The third kappa shape index (κ3) is 2.50. The van der Waals surface area contributed by atoms with Crippen molar-refractivity contribution in [1.82, 2.24) is 0 Å². The maximum absolute atomic E-state index is 12.0. The first kappa shape index (κ1) is 12.9. The van der Waals surface area contributed by atoms with Crippen molar-refractivity contribution in [1.29, 1.82) is 0 Å². The minimum absolute atomic E-state index is 0.0330. The zero-order valence-electron chi connectivity index (χ0n) is 11.5. The highest BCUT2D eigenvalue weighted by Gasteiger charge is 2.33. The fraction of sp³-hybridized carbons (Fsp3) is 0.533. The van der Waals surface area contributed by atoms with E-state index >= 15 is 0 Å². The van der Waals surface area contributed by atoms with Crippen LogP contribution in [-0.4, -0.2) is 13.0 Å². The van der Waals surface area contributed by atoms with Gasteiger partial charge in [-0.2, -0.15) is 0 Å². The van der Waals surface area contributed by atoms with Gasteiger partial charge in [-0.05, 0) is 29.9 Å². The van der Waals surface area contributed by atoms with Gasteiger partial charge in [-0.1, -0.05) is 32.9 Å². The van der Waals surface area contributed by atoms with Gasteiger partial charge < -0.3 is 10.1 Å². The average Bonchev–Trinajstić information content (AvgIpc) is 2.61. The van der Waals surface area contributed by atoms with Crippen LogP contribution >= 0.6 is 0 Å². The lowest BCUT2D eigenvalue weighted by Gasteiger charge is -2.19. The lowest BCUT2D eigenvalue weighted by atomic mass is 9.85. The van der Waals surface area contributed by atoms with Crippen LogP contribution < -0.4 is 10.1 Å². The standard InChI is InChI=1S/C15H21NO2/c1-15(2,3)9-8-11-10-6-5-7-12(18-4)13(10)16-14(11)17/h5-7,11H,8-9H2,1-4H3,(H,16,17). The van der Waals surface area contributed by atoms with E-state index in [1.807, 2.05) is 18.2 Å². The maximum atomic E-state index is 12.0. The summed E-state index contributed by atoms with van der Waals surface area (Å²) in [7, 11) is 1.63. The SMILES string of the molecule is COc1cccc2c1NC(=O)C2CCC(C)(C)C. The zero-order chi connectivity index (χ0) is 13.3. The van der Waals surface area contributed by atoms with Gasteiger partial charge in [0.2, 0.25) is 5.91 Å². The quantitative estimate of drug-likeness (QED) is 0.887. The van der Waals surface area contributed by atoms with Crippen LogP contribution in [-0.2, 0) is 4.79 Å². The van der Waals surface area contributed by atoms with Crippen LogP contribution in [0.2, 0.25) is 0 Å². The topological polar surface area (TPSA) is 38.3 Å². The molecule has 1 aromatic rings. The Morgan fingerprint density at radius 3 is 2.67 bits per heavy atom. The van der Waals surface area contributed by atoms with Gasteiger partial charge in [0.1, 0.15) is 5.75 Å². The fourth-order valence-electron chi connectivity index (χ4n) is 2.36. The van der Waals surface area contributed by atoms with E-state index in [1.165, 1.54) is 0 Å². The molecule has 0 bridgehead atoms. The number of para-hydroxylation sites is 1. The first-order valence-corrected chi connectivity index (χ1v) is 6.40. The van der Waals surface area contributed by atoms with Crippen molar-refractivity contribution < 1.29 is 9.53 Å². The number of carbonyl (C=O) groups is 1. The Kier molecular flexibility index (Phi) is 3.33. The number of fused-ring (bicyclic) bond motifs is 1. The Hall–Kier alpha value is -1.51. The molecule has 1 atom stereocenters. The highest BCUT2D eigenvalue weighted by Crippen LogP contribution is 2.42. The van der Waals surface area contributed by atoms with Crippen molar-refractivity contribution in [2.45, 2.75) is 39.5 Å². The molecule has 1 N–H and O–H groups in total. The van der Waals surface area contributed by atoms with Crippen LogP contribution in [0.25, 0.3) is 0 Å². The first-order valence-electron chi connectivity index (χ1n) is 6.40. The van der Waals surface area contributed by atoms with E-state index in [4.69, 9.17) is 4.74 Å². The molecule has 98 valence electrons. The first-order chi connectivity index (χ1) is 8.42. The molecule has 0 radical (unpaired) electrons. The summed E-state index contributed by atoms with van der Waals surface area (Å²) in [6.07, 6.45) is 1.91. The predicted octanol–water partition coefficient (Wildman–Crippen LogP) is 3.56. The van der Waals surface area contributed by atoms with Gasteiger partial charge in [0.25, 0.3) is 0 Å². The number of methoxy groups -OCH3 is 1. The minimum Gasteiger partial charge on any atom is -0.495 e. The average molecular weight is 247 g/mol. The summed E-state index contributed by atoms with van der Waals surface area (Å²) < 4.78 is 5.28. The van der Waals surface area contributed by atoms with Crippen LogP contribution in [0.5, 0.6) is 5.75 Å².